The molecule has 6 nitrogen and oxygen atoms in total. The molecule has 0 saturated carbocycles. The first-order valence-electron chi connectivity index (χ1n) is 8.24. The predicted molar refractivity (Wildman–Crippen MR) is 96.3 cm³/mol. The van der Waals surface area contributed by atoms with E-state index < -0.39 is 0 Å². The van der Waals surface area contributed by atoms with Crippen LogP contribution >= 0.6 is 0 Å². The highest BCUT2D eigenvalue weighted by Gasteiger charge is 2.12. The van der Waals surface area contributed by atoms with E-state index in [1.54, 1.807) is 24.3 Å². The molecule has 0 bridgehead atoms. The lowest BCUT2D eigenvalue weighted by Crippen LogP contribution is -2.29. The number of likely N-dealkylation sites (N-methyl/N-ethyl adjacent to an activating group) is 1. The van der Waals surface area contributed by atoms with E-state index in [4.69, 9.17) is 0 Å². The zero-order valence-corrected chi connectivity index (χ0v) is 14.1. The van der Waals surface area contributed by atoms with Crippen LogP contribution in [0.4, 0.5) is 0 Å². The number of carbonyl (C=O) groups excluding carboxylic acids is 1. The highest BCUT2D eigenvalue weighted by molar-refractivity contribution is 5.76. The summed E-state index contributed by atoms with van der Waals surface area (Å²) in [5.41, 5.74) is 2.75. The van der Waals surface area contributed by atoms with Crippen LogP contribution in [0.25, 0.3) is 11.0 Å². The van der Waals surface area contributed by atoms with Crippen LogP contribution in [0.1, 0.15) is 17.7 Å². The molecule has 1 N–H and O–H groups in total. The number of aromatic nitrogens is 3. The van der Waals surface area contributed by atoms with Crippen molar-refractivity contribution in [2.45, 2.75) is 19.3 Å². The molecular weight excluding hydrogens is 316 g/mol. The Balaban J connectivity index is 1.58. The number of nitrogens with zero attached hydrogens (tertiary/aromatic N) is 3. The van der Waals surface area contributed by atoms with E-state index in [1.807, 2.05) is 36.4 Å². The monoisotopic (exact) mass is 336 g/mol. The van der Waals surface area contributed by atoms with Crippen molar-refractivity contribution in [2.75, 3.05) is 13.6 Å². The average molecular weight is 336 g/mol. The molecule has 6 heteroatoms. The van der Waals surface area contributed by atoms with Gasteiger partial charge in [0.1, 0.15) is 5.69 Å². The number of aryl methyl sites for hydroxylation is 1. The molecule has 3 aromatic rings. The summed E-state index contributed by atoms with van der Waals surface area (Å²) in [6.45, 7) is 0.629. The van der Waals surface area contributed by atoms with Crippen molar-refractivity contribution in [3.8, 4) is 0 Å². The quantitative estimate of drug-likeness (QED) is 0.746. The molecule has 2 heterocycles. The van der Waals surface area contributed by atoms with Crippen LogP contribution in [-0.4, -0.2) is 39.4 Å². The first kappa shape index (κ1) is 16.8. The fourth-order valence-electron chi connectivity index (χ4n) is 2.62. The number of amides is 1. The number of fused-ring (bicyclic) bond motifs is 1. The molecule has 0 aliphatic heterocycles. The zero-order chi connectivity index (χ0) is 17.6. The number of benzene rings is 1. The average Bonchev–Trinajstić information content (AvgIpc) is 2.65. The summed E-state index contributed by atoms with van der Waals surface area (Å²) in [5, 5.41) is 0. The van der Waals surface area contributed by atoms with Crippen LogP contribution in [0, 0.1) is 0 Å². The molecule has 1 aromatic carbocycles. The third kappa shape index (κ3) is 4.29. The van der Waals surface area contributed by atoms with Gasteiger partial charge in [-0.3, -0.25) is 14.6 Å². The van der Waals surface area contributed by atoms with E-state index in [0.29, 0.717) is 24.2 Å². The van der Waals surface area contributed by atoms with Crippen molar-refractivity contribution in [2.24, 2.45) is 0 Å². The fourth-order valence-corrected chi connectivity index (χ4v) is 2.62. The van der Waals surface area contributed by atoms with Gasteiger partial charge in [-0.25, -0.2) is 4.98 Å². The smallest absolute Gasteiger partial charge is 0.270 e. The van der Waals surface area contributed by atoms with Gasteiger partial charge in [0.2, 0.25) is 5.91 Å². The van der Waals surface area contributed by atoms with Gasteiger partial charge in [0.15, 0.2) is 0 Å². The Morgan fingerprint density at radius 1 is 1.12 bits per heavy atom. The topological polar surface area (TPSA) is 79.0 Å². The second-order valence-electron chi connectivity index (χ2n) is 5.95. The third-order valence-electron chi connectivity index (χ3n) is 4.16. The van der Waals surface area contributed by atoms with E-state index in [1.165, 1.54) is 0 Å². The van der Waals surface area contributed by atoms with E-state index in [2.05, 4.69) is 15.0 Å². The van der Waals surface area contributed by atoms with Gasteiger partial charge in [0.05, 0.1) is 11.0 Å². The lowest BCUT2D eigenvalue weighted by molar-refractivity contribution is -0.129. The van der Waals surface area contributed by atoms with Gasteiger partial charge in [-0.2, -0.15) is 0 Å². The summed E-state index contributed by atoms with van der Waals surface area (Å²) in [6, 6.07) is 11.3. The maximum Gasteiger partial charge on any atom is 0.270 e. The van der Waals surface area contributed by atoms with Crippen molar-refractivity contribution in [1.82, 2.24) is 19.9 Å². The van der Waals surface area contributed by atoms with E-state index in [0.717, 1.165) is 17.5 Å². The van der Waals surface area contributed by atoms with Crippen molar-refractivity contribution < 1.29 is 4.79 Å². The Morgan fingerprint density at radius 2 is 1.88 bits per heavy atom. The van der Waals surface area contributed by atoms with Crippen LogP contribution < -0.4 is 5.56 Å². The summed E-state index contributed by atoms with van der Waals surface area (Å²) >= 11 is 0. The first-order valence-corrected chi connectivity index (χ1v) is 8.24. The Kier molecular flexibility index (Phi) is 5.18. The van der Waals surface area contributed by atoms with Crippen molar-refractivity contribution in [3.63, 3.8) is 0 Å². The van der Waals surface area contributed by atoms with Gasteiger partial charge in [0.25, 0.3) is 5.56 Å². The number of hydrogen-bond donors (Lipinski definition) is 1. The maximum atomic E-state index is 12.3. The van der Waals surface area contributed by atoms with Crippen LogP contribution in [0.3, 0.4) is 0 Å². The number of para-hydroxylation sites is 2. The molecule has 0 radical (unpaired) electrons. The molecule has 1 amide bonds. The Bertz CT molecular complexity index is 921. The Morgan fingerprint density at radius 3 is 2.68 bits per heavy atom. The minimum absolute atomic E-state index is 0.00316. The standard InChI is InChI=1S/C19H20N4O2/c1-23(13-10-14-8-11-20-12-9-14)18(24)7-6-17-19(25)22-16-5-3-2-4-15(16)21-17/h2-5,8-9,11-12H,6-7,10,13H2,1H3,(H,22,25). The lowest BCUT2D eigenvalue weighted by Gasteiger charge is -2.17. The normalized spacial score (nSPS) is 10.8. The summed E-state index contributed by atoms with van der Waals surface area (Å²) in [7, 11) is 1.78. The number of pyridine rings is 1. The van der Waals surface area contributed by atoms with Gasteiger partial charge in [-0.15, -0.1) is 0 Å². The van der Waals surface area contributed by atoms with E-state index in [9.17, 15) is 9.59 Å². The van der Waals surface area contributed by atoms with Crippen LogP contribution in [0.2, 0.25) is 0 Å². The molecule has 0 aliphatic carbocycles. The highest BCUT2D eigenvalue weighted by Crippen LogP contribution is 2.07. The molecule has 3 rings (SSSR count). The number of H-pyrrole nitrogens is 1. The molecule has 0 fully saturated rings. The summed E-state index contributed by atoms with van der Waals surface area (Å²) in [5.74, 6) is 0.00316. The van der Waals surface area contributed by atoms with Crippen molar-refractivity contribution in [3.05, 3.63) is 70.4 Å². The van der Waals surface area contributed by atoms with Crippen LogP contribution in [-0.2, 0) is 17.6 Å². The number of hydrogen-bond acceptors (Lipinski definition) is 4. The molecule has 0 saturated heterocycles. The van der Waals surface area contributed by atoms with Crippen molar-refractivity contribution >= 4 is 16.9 Å². The van der Waals surface area contributed by atoms with Gasteiger partial charge < -0.3 is 9.88 Å². The van der Waals surface area contributed by atoms with Gasteiger partial charge >= 0.3 is 0 Å². The molecule has 25 heavy (non-hydrogen) atoms. The first-order chi connectivity index (χ1) is 12.1. The number of carbonyl (C=O) groups is 1. The number of nitrogens with one attached hydrogen (secondary N) is 1. The molecular formula is C19H20N4O2. The van der Waals surface area contributed by atoms with E-state index >= 15 is 0 Å². The summed E-state index contributed by atoms with van der Waals surface area (Å²) in [4.78, 5) is 37.2. The van der Waals surface area contributed by atoms with Gasteiger partial charge in [-0.05, 0) is 36.2 Å². The molecule has 128 valence electrons. The largest absolute Gasteiger partial charge is 0.345 e. The molecule has 0 spiro atoms. The lowest BCUT2D eigenvalue weighted by atomic mass is 10.1. The van der Waals surface area contributed by atoms with Crippen molar-refractivity contribution in [1.29, 1.82) is 0 Å². The van der Waals surface area contributed by atoms with Crippen LogP contribution in [0.15, 0.2) is 53.6 Å². The summed E-state index contributed by atoms with van der Waals surface area (Å²) in [6.07, 6.45) is 4.86. The predicted octanol–water partition coefficient (Wildman–Crippen LogP) is 1.95. The SMILES string of the molecule is CN(CCc1ccncc1)C(=O)CCc1nc2ccccc2[nH]c1=O. The Hall–Kier alpha value is -3.02. The molecule has 0 aliphatic rings. The molecule has 0 atom stereocenters. The van der Waals surface area contributed by atoms with E-state index in [-0.39, 0.29) is 17.9 Å². The minimum Gasteiger partial charge on any atom is -0.345 e. The van der Waals surface area contributed by atoms with Gasteiger partial charge in [-0.1, -0.05) is 12.1 Å². The van der Waals surface area contributed by atoms with Crippen LogP contribution in [0.5, 0.6) is 0 Å². The zero-order valence-electron chi connectivity index (χ0n) is 14.1. The Labute approximate surface area is 145 Å². The second kappa shape index (κ2) is 7.70. The molecule has 0 unspecified atom stereocenters. The number of rotatable bonds is 6. The number of aromatic amines is 1. The minimum atomic E-state index is -0.231. The molecule has 2 aromatic heterocycles. The highest BCUT2D eigenvalue weighted by atomic mass is 16.2. The maximum absolute atomic E-state index is 12.3. The summed E-state index contributed by atoms with van der Waals surface area (Å²) < 4.78 is 0. The third-order valence-corrected chi connectivity index (χ3v) is 4.16. The van der Waals surface area contributed by atoms with Gasteiger partial charge in [0, 0.05) is 38.8 Å². The second-order valence-corrected chi connectivity index (χ2v) is 5.95. The fraction of sp³-hybridized carbons (Fsp3) is 0.263.